The zero-order chi connectivity index (χ0) is 11.9. The van der Waals surface area contributed by atoms with E-state index in [2.05, 4.69) is 9.47 Å². The van der Waals surface area contributed by atoms with E-state index in [1.54, 1.807) is 0 Å². The van der Waals surface area contributed by atoms with Gasteiger partial charge >= 0.3 is 17.9 Å². The average Bonchev–Trinajstić information content (AvgIpc) is 2.16. The number of hydrogen-bond acceptors (Lipinski definition) is 4. The molecule has 0 aliphatic carbocycles. The first-order chi connectivity index (χ1) is 6.94. The fourth-order valence-electron chi connectivity index (χ4n) is 0.658. The minimum atomic E-state index is -3.80. The van der Waals surface area contributed by atoms with Gasteiger partial charge in [0.25, 0.3) is 0 Å². The number of hydrogen-bond donors (Lipinski definition) is 0. The summed E-state index contributed by atoms with van der Waals surface area (Å²) in [5.41, 5.74) is 0. The maximum absolute atomic E-state index is 12.8. The van der Waals surface area contributed by atoms with Crippen molar-refractivity contribution in [2.75, 3.05) is 13.2 Å². The van der Waals surface area contributed by atoms with E-state index in [1.807, 2.05) is 0 Å². The zero-order valence-corrected chi connectivity index (χ0v) is 8.46. The van der Waals surface area contributed by atoms with E-state index < -0.39 is 17.9 Å². The van der Waals surface area contributed by atoms with Crippen LogP contribution in [-0.4, -0.2) is 31.1 Å². The monoisotopic (exact) mass is 222 g/mol. The highest BCUT2D eigenvalue weighted by molar-refractivity contribution is 5.85. The van der Waals surface area contributed by atoms with Crippen molar-refractivity contribution in [2.45, 2.75) is 19.8 Å². The minimum Gasteiger partial charge on any atom is -0.463 e. The highest BCUT2D eigenvalue weighted by Gasteiger charge is 2.37. The molecule has 0 bridgehead atoms. The average molecular weight is 222 g/mol. The lowest BCUT2D eigenvalue weighted by Crippen LogP contribution is -2.28. The number of carbonyl (C=O) groups excluding carboxylic acids is 2. The summed E-state index contributed by atoms with van der Waals surface area (Å²) in [5.74, 6) is -6.42. The Bertz CT molecular complexity index is 261. The molecule has 0 radical (unpaired) electrons. The van der Waals surface area contributed by atoms with Crippen LogP contribution >= 0.6 is 0 Å². The number of rotatable bonds is 5. The lowest BCUT2D eigenvalue weighted by molar-refractivity contribution is -0.164. The van der Waals surface area contributed by atoms with E-state index in [4.69, 9.17) is 0 Å². The predicted octanol–water partition coefficient (Wildman–Crippen LogP) is 1.30. The van der Waals surface area contributed by atoms with Gasteiger partial charge in [0.05, 0.1) is 13.2 Å². The van der Waals surface area contributed by atoms with Crippen LogP contribution in [0.5, 0.6) is 0 Å². The van der Waals surface area contributed by atoms with Gasteiger partial charge in [-0.25, -0.2) is 9.59 Å². The number of esters is 2. The molecule has 0 unspecified atom stereocenters. The van der Waals surface area contributed by atoms with Crippen LogP contribution < -0.4 is 0 Å². The van der Waals surface area contributed by atoms with Crippen molar-refractivity contribution < 1.29 is 27.8 Å². The van der Waals surface area contributed by atoms with Gasteiger partial charge in [-0.15, -0.1) is 0 Å². The molecule has 0 amide bonds. The second-order valence-electron chi connectivity index (χ2n) is 2.43. The van der Waals surface area contributed by atoms with E-state index in [-0.39, 0.29) is 19.3 Å². The molecular weight excluding hydrogens is 210 g/mol. The normalized spacial score (nSPS) is 11.5. The molecule has 0 fully saturated rings. The zero-order valence-electron chi connectivity index (χ0n) is 8.46. The third-order valence-corrected chi connectivity index (χ3v) is 1.26. The molecule has 0 saturated carbocycles. The van der Waals surface area contributed by atoms with Crippen LogP contribution in [-0.2, 0) is 19.1 Å². The van der Waals surface area contributed by atoms with Crippen molar-refractivity contribution in [3.8, 4) is 0 Å². The van der Waals surface area contributed by atoms with Gasteiger partial charge in [-0.05, 0) is 13.8 Å². The van der Waals surface area contributed by atoms with Gasteiger partial charge in [-0.3, -0.25) is 0 Å². The maximum atomic E-state index is 12.8. The van der Waals surface area contributed by atoms with E-state index in [0.717, 1.165) is 0 Å². The first kappa shape index (κ1) is 13.5. The van der Waals surface area contributed by atoms with Gasteiger partial charge in [0.2, 0.25) is 0 Å². The van der Waals surface area contributed by atoms with Crippen molar-refractivity contribution in [3.05, 3.63) is 12.2 Å². The molecule has 4 nitrogen and oxygen atoms in total. The highest BCUT2D eigenvalue weighted by Crippen LogP contribution is 2.17. The van der Waals surface area contributed by atoms with Crippen molar-refractivity contribution in [1.29, 1.82) is 0 Å². The fraction of sp³-hybridized carbons (Fsp3) is 0.556. The topological polar surface area (TPSA) is 52.6 Å². The van der Waals surface area contributed by atoms with Crippen LogP contribution in [0.15, 0.2) is 12.2 Å². The summed E-state index contributed by atoms with van der Waals surface area (Å²) in [6.07, 6.45) is 0.656. The van der Waals surface area contributed by atoms with E-state index in [1.165, 1.54) is 13.8 Å². The number of carbonyl (C=O) groups is 2. The largest absolute Gasteiger partial charge is 0.463 e. The Labute approximate surface area is 85.9 Å². The second-order valence-corrected chi connectivity index (χ2v) is 2.43. The van der Waals surface area contributed by atoms with Crippen molar-refractivity contribution in [3.63, 3.8) is 0 Å². The Kier molecular flexibility index (Phi) is 5.51. The minimum absolute atomic E-state index is 0.0775. The van der Waals surface area contributed by atoms with E-state index in [9.17, 15) is 18.4 Å². The van der Waals surface area contributed by atoms with Crippen molar-refractivity contribution >= 4 is 11.9 Å². The Morgan fingerprint density at radius 2 is 1.73 bits per heavy atom. The Balaban J connectivity index is 4.35. The standard InChI is InChI=1S/C9H12F2O4/c1-3-14-7(12)5-6-9(10,11)8(13)15-4-2/h5-6H,3-4H2,1-2H3/b6-5+. The van der Waals surface area contributed by atoms with Crippen LogP contribution in [0.2, 0.25) is 0 Å². The summed E-state index contributed by atoms with van der Waals surface area (Å²) < 4.78 is 34.1. The van der Waals surface area contributed by atoms with Crippen molar-refractivity contribution in [1.82, 2.24) is 0 Å². The van der Waals surface area contributed by atoms with E-state index >= 15 is 0 Å². The quantitative estimate of drug-likeness (QED) is 0.519. The molecule has 0 N–H and O–H groups in total. The summed E-state index contributed by atoms with van der Waals surface area (Å²) in [5, 5.41) is 0. The Hall–Kier alpha value is -1.46. The summed E-state index contributed by atoms with van der Waals surface area (Å²) in [6.45, 7) is 2.87. The summed E-state index contributed by atoms with van der Waals surface area (Å²) in [7, 11) is 0. The fourth-order valence-corrected chi connectivity index (χ4v) is 0.658. The van der Waals surface area contributed by atoms with Gasteiger partial charge in [0, 0.05) is 12.2 Å². The molecule has 0 aromatic heterocycles. The molecule has 0 atom stereocenters. The molecule has 86 valence electrons. The summed E-state index contributed by atoms with van der Waals surface area (Å²) >= 11 is 0. The van der Waals surface area contributed by atoms with Crippen molar-refractivity contribution in [2.24, 2.45) is 0 Å². The highest BCUT2D eigenvalue weighted by atomic mass is 19.3. The smallest absolute Gasteiger partial charge is 0.381 e. The molecule has 6 heteroatoms. The molecular formula is C9H12F2O4. The molecule has 0 spiro atoms. The maximum Gasteiger partial charge on any atom is 0.381 e. The van der Waals surface area contributed by atoms with Gasteiger partial charge in [0.1, 0.15) is 0 Å². The molecule has 15 heavy (non-hydrogen) atoms. The molecule has 0 aliphatic heterocycles. The summed E-state index contributed by atoms with van der Waals surface area (Å²) in [4.78, 5) is 21.3. The van der Waals surface area contributed by atoms with Crippen LogP contribution in [0.1, 0.15) is 13.8 Å². The van der Waals surface area contributed by atoms with Crippen LogP contribution in [0, 0.1) is 0 Å². The van der Waals surface area contributed by atoms with Gasteiger partial charge in [0.15, 0.2) is 0 Å². The molecule has 0 saturated heterocycles. The number of alkyl halides is 2. The lowest BCUT2D eigenvalue weighted by Gasteiger charge is -2.09. The first-order valence-corrected chi connectivity index (χ1v) is 4.35. The van der Waals surface area contributed by atoms with Crippen LogP contribution in [0.4, 0.5) is 8.78 Å². The predicted molar refractivity (Wildman–Crippen MR) is 47.4 cm³/mol. The van der Waals surface area contributed by atoms with Crippen LogP contribution in [0.3, 0.4) is 0 Å². The first-order valence-electron chi connectivity index (χ1n) is 4.35. The number of halogens is 2. The molecule has 0 aromatic carbocycles. The Morgan fingerprint density at radius 3 is 2.20 bits per heavy atom. The molecule has 0 aromatic rings. The van der Waals surface area contributed by atoms with Gasteiger partial charge in [-0.1, -0.05) is 0 Å². The van der Waals surface area contributed by atoms with Gasteiger partial charge < -0.3 is 9.47 Å². The van der Waals surface area contributed by atoms with Gasteiger partial charge in [-0.2, -0.15) is 8.78 Å². The molecule has 0 rings (SSSR count). The number of ether oxygens (including phenoxy) is 2. The summed E-state index contributed by atoms with van der Waals surface area (Å²) in [6, 6.07) is 0. The third-order valence-electron chi connectivity index (χ3n) is 1.26. The van der Waals surface area contributed by atoms with E-state index in [0.29, 0.717) is 6.08 Å². The Morgan fingerprint density at radius 1 is 1.20 bits per heavy atom. The third kappa shape index (κ3) is 5.09. The molecule has 0 heterocycles. The lowest BCUT2D eigenvalue weighted by atomic mass is 10.3. The second kappa shape index (κ2) is 6.10. The SMILES string of the molecule is CCOC(=O)/C=C/C(F)(F)C(=O)OCC. The molecule has 0 aliphatic rings. The van der Waals surface area contributed by atoms with Crippen LogP contribution in [0.25, 0.3) is 0 Å².